The fraction of sp³-hybridized carbons (Fsp3) is 0.150. The average Bonchev–Trinajstić information content (AvgIpc) is 3.10. The van der Waals surface area contributed by atoms with E-state index in [0.29, 0.717) is 32.2 Å². The SMILES string of the molecule is CCNC(=O)CSc1nc(-c2ccccc2)c(NC(=O)c2cccc(Cl)c2)s1. The second kappa shape index (κ2) is 9.73. The summed E-state index contributed by atoms with van der Waals surface area (Å²) < 4.78 is 0.714. The highest BCUT2D eigenvalue weighted by Gasteiger charge is 2.17. The Kier molecular flexibility index (Phi) is 7.08. The Morgan fingerprint density at radius 3 is 2.64 bits per heavy atom. The van der Waals surface area contributed by atoms with E-state index in [9.17, 15) is 9.59 Å². The minimum Gasteiger partial charge on any atom is -0.356 e. The molecular formula is C20H18ClN3O2S2. The molecule has 2 aromatic carbocycles. The second-order valence-corrected chi connectivity index (χ2v) is 8.39. The van der Waals surface area contributed by atoms with Crippen LogP contribution in [-0.4, -0.2) is 29.1 Å². The van der Waals surface area contributed by atoms with Gasteiger partial charge in [-0.25, -0.2) is 4.98 Å². The second-order valence-electron chi connectivity index (χ2n) is 5.73. The number of amides is 2. The van der Waals surface area contributed by atoms with Crippen LogP contribution in [0.1, 0.15) is 17.3 Å². The maximum Gasteiger partial charge on any atom is 0.256 e. The van der Waals surface area contributed by atoms with Crippen LogP contribution in [0.15, 0.2) is 58.9 Å². The molecule has 0 radical (unpaired) electrons. The fourth-order valence-electron chi connectivity index (χ4n) is 2.42. The summed E-state index contributed by atoms with van der Waals surface area (Å²) in [5, 5.41) is 6.83. The summed E-state index contributed by atoms with van der Waals surface area (Å²) in [6.45, 7) is 2.47. The number of rotatable bonds is 7. The number of aromatic nitrogens is 1. The summed E-state index contributed by atoms with van der Waals surface area (Å²) in [6, 6.07) is 16.4. The van der Waals surface area contributed by atoms with Crippen LogP contribution in [0.3, 0.4) is 0 Å². The van der Waals surface area contributed by atoms with Gasteiger partial charge in [-0.3, -0.25) is 9.59 Å². The van der Waals surface area contributed by atoms with Gasteiger partial charge < -0.3 is 10.6 Å². The maximum atomic E-state index is 12.6. The minimum absolute atomic E-state index is 0.0477. The van der Waals surface area contributed by atoms with Gasteiger partial charge in [-0.05, 0) is 25.1 Å². The van der Waals surface area contributed by atoms with Crippen molar-refractivity contribution in [2.24, 2.45) is 0 Å². The van der Waals surface area contributed by atoms with Crippen molar-refractivity contribution in [2.45, 2.75) is 11.3 Å². The number of benzene rings is 2. The van der Waals surface area contributed by atoms with Gasteiger partial charge in [0.25, 0.3) is 5.91 Å². The van der Waals surface area contributed by atoms with Crippen LogP contribution in [0, 0.1) is 0 Å². The van der Waals surface area contributed by atoms with E-state index in [-0.39, 0.29) is 17.6 Å². The summed E-state index contributed by atoms with van der Waals surface area (Å²) >= 11 is 8.68. The lowest BCUT2D eigenvalue weighted by Gasteiger charge is -2.05. The largest absolute Gasteiger partial charge is 0.356 e. The van der Waals surface area contributed by atoms with Crippen molar-refractivity contribution in [1.82, 2.24) is 10.3 Å². The first-order valence-corrected chi connectivity index (χ1v) is 10.8. The minimum atomic E-state index is -0.261. The van der Waals surface area contributed by atoms with Gasteiger partial charge in [0.15, 0.2) is 4.34 Å². The van der Waals surface area contributed by atoms with Crippen LogP contribution >= 0.6 is 34.7 Å². The van der Waals surface area contributed by atoms with Gasteiger partial charge in [0.2, 0.25) is 5.91 Å². The highest BCUT2D eigenvalue weighted by molar-refractivity contribution is 8.01. The Bertz CT molecular complexity index is 977. The highest BCUT2D eigenvalue weighted by Crippen LogP contribution is 2.37. The topological polar surface area (TPSA) is 71.1 Å². The predicted molar refractivity (Wildman–Crippen MR) is 116 cm³/mol. The molecule has 0 unspecified atom stereocenters. The Hall–Kier alpha value is -2.35. The van der Waals surface area contributed by atoms with Crippen LogP contribution < -0.4 is 10.6 Å². The lowest BCUT2D eigenvalue weighted by molar-refractivity contribution is -0.118. The molecule has 0 saturated heterocycles. The van der Waals surface area contributed by atoms with Gasteiger partial charge in [-0.15, -0.1) is 0 Å². The van der Waals surface area contributed by atoms with Crippen LogP contribution in [0.5, 0.6) is 0 Å². The monoisotopic (exact) mass is 431 g/mol. The number of thioether (sulfide) groups is 1. The number of hydrogen-bond acceptors (Lipinski definition) is 5. The zero-order valence-electron chi connectivity index (χ0n) is 15.1. The molecule has 28 heavy (non-hydrogen) atoms. The molecule has 0 fully saturated rings. The van der Waals surface area contributed by atoms with Crippen LogP contribution in [-0.2, 0) is 4.79 Å². The Labute approximate surface area is 176 Å². The number of nitrogens with zero attached hydrogens (tertiary/aromatic N) is 1. The number of hydrogen-bond donors (Lipinski definition) is 2. The lowest BCUT2D eigenvalue weighted by Crippen LogP contribution is -2.24. The number of carbonyl (C=O) groups excluding carboxylic acids is 2. The zero-order valence-corrected chi connectivity index (χ0v) is 17.5. The first-order valence-electron chi connectivity index (χ1n) is 8.59. The molecule has 0 aliphatic heterocycles. The molecule has 0 spiro atoms. The highest BCUT2D eigenvalue weighted by atomic mass is 35.5. The van der Waals surface area contributed by atoms with E-state index >= 15 is 0 Å². The van der Waals surface area contributed by atoms with Crippen molar-refractivity contribution in [3.8, 4) is 11.3 Å². The molecule has 2 N–H and O–H groups in total. The summed E-state index contributed by atoms with van der Waals surface area (Å²) in [4.78, 5) is 29.0. The van der Waals surface area contributed by atoms with Gasteiger partial charge >= 0.3 is 0 Å². The Morgan fingerprint density at radius 1 is 1.14 bits per heavy atom. The van der Waals surface area contributed by atoms with Crippen molar-refractivity contribution in [3.05, 3.63) is 65.2 Å². The molecule has 0 aliphatic rings. The molecule has 0 bridgehead atoms. The first-order chi connectivity index (χ1) is 13.6. The maximum absolute atomic E-state index is 12.6. The first kappa shape index (κ1) is 20.4. The lowest BCUT2D eigenvalue weighted by atomic mass is 10.1. The Balaban J connectivity index is 1.85. The molecule has 0 aliphatic carbocycles. The van der Waals surface area contributed by atoms with E-state index in [1.807, 2.05) is 37.3 Å². The third kappa shape index (κ3) is 5.34. The molecule has 3 rings (SSSR count). The van der Waals surface area contributed by atoms with Gasteiger partial charge in [-0.2, -0.15) is 0 Å². The molecule has 1 aromatic heterocycles. The van der Waals surface area contributed by atoms with E-state index in [0.717, 1.165) is 5.56 Å². The van der Waals surface area contributed by atoms with E-state index in [1.54, 1.807) is 24.3 Å². The molecule has 144 valence electrons. The van der Waals surface area contributed by atoms with Crippen molar-refractivity contribution in [3.63, 3.8) is 0 Å². The third-order valence-electron chi connectivity index (χ3n) is 3.67. The normalized spacial score (nSPS) is 10.5. The van der Waals surface area contributed by atoms with Crippen LogP contribution in [0.4, 0.5) is 5.00 Å². The third-order valence-corrected chi connectivity index (χ3v) is 6.02. The summed E-state index contributed by atoms with van der Waals surface area (Å²) in [6.07, 6.45) is 0. The molecule has 2 amide bonds. The van der Waals surface area contributed by atoms with Gasteiger partial charge in [0, 0.05) is 22.7 Å². The van der Waals surface area contributed by atoms with Gasteiger partial charge in [0.05, 0.1) is 5.75 Å². The summed E-state index contributed by atoms with van der Waals surface area (Å²) in [7, 11) is 0. The summed E-state index contributed by atoms with van der Waals surface area (Å²) in [5.41, 5.74) is 2.04. The van der Waals surface area contributed by atoms with Crippen molar-refractivity contribution >= 4 is 51.5 Å². The zero-order chi connectivity index (χ0) is 19.9. The van der Waals surface area contributed by atoms with Crippen LogP contribution in [0.2, 0.25) is 5.02 Å². The molecule has 5 nitrogen and oxygen atoms in total. The molecule has 3 aromatic rings. The average molecular weight is 432 g/mol. The molecule has 0 saturated carbocycles. The smallest absolute Gasteiger partial charge is 0.256 e. The van der Waals surface area contributed by atoms with E-state index in [4.69, 9.17) is 11.6 Å². The molecular weight excluding hydrogens is 414 g/mol. The van der Waals surface area contributed by atoms with E-state index in [2.05, 4.69) is 15.6 Å². The summed E-state index contributed by atoms with van der Waals surface area (Å²) in [5.74, 6) is -0.0332. The number of halogens is 1. The van der Waals surface area contributed by atoms with Crippen molar-refractivity contribution in [1.29, 1.82) is 0 Å². The fourth-order valence-corrected chi connectivity index (χ4v) is 4.50. The number of carbonyl (C=O) groups is 2. The molecule has 8 heteroatoms. The van der Waals surface area contributed by atoms with Crippen LogP contribution in [0.25, 0.3) is 11.3 Å². The standard InChI is InChI=1S/C20H18ClN3O2S2/c1-2-22-16(25)12-27-20-23-17(13-7-4-3-5-8-13)19(28-20)24-18(26)14-9-6-10-15(21)11-14/h3-11H,2,12H2,1H3,(H,22,25)(H,24,26). The van der Waals surface area contributed by atoms with Gasteiger partial charge in [0.1, 0.15) is 10.7 Å². The molecule has 0 atom stereocenters. The number of nitrogens with one attached hydrogen (secondary N) is 2. The predicted octanol–water partition coefficient (Wildman–Crippen LogP) is 4.94. The van der Waals surface area contributed by atoms with E-state index < -0.39 is 0 Å². The molecule has 1 heterocycles. The van der Waals surface area contributed by atoms with E-state index in [1.165, 1.54) is 23.1 Å². The number of anilines is 1. The van der Waals surface area contributed by atoms with Crippen molar-refractivity contribution < 1.29 is 9.59 Å². The van der Waals surface area contributed by atoms with Gasteiger partial charge in [-0.1, -0.05) is 71.1 Å². The van der Waals surface area contributed by atoms with Crippen molar-refractivity contribution in [2.75, 3.05) is 17.6 Å². The number of thiazole rings is 1. The Morgan fingerprint density at radius 2 is 1.93 bits per heavy atom. The quantitative estimate of drug-likeness (QED) is 0.519.